The maximum Gasteiger partial charge on any atom is 0.303 e. The summed E-state index contributed by atoms with van der Waals surface area (Å²) in [6.07, 6.45) is 1.08. The largest absolute Gasteiger partial charge is 0.481 e. The number of aliphatic carboxylic acids is 1. The van der Waals surface area contributed by atoms with Gasteiger partial charge in [0.05, 0.1) is 6.42 Å². The number of nitrogens with zero attached hydrogens (tertiary/aromatic N) is 1. The quantitative estimate of drug-likeness (QED) is 0.772. The van der Waals surface area contributed by atoms with Crippen LogP contribution in [0.5, 0.6) is 0 Å². The average Bonchev–Trinajstić information content (AvgIpc) is 2.71. The molecule has 1 aliphatic heterocycles. The Morgan fingerprint density at radius 2 is 2.00 bits per heavy atom. The van der Waals surface area contributed by atoms with E-state index in [9.17, 15) is 9.59 Å². The molecule has 0 unspecified atom stereocenters. The van der Waals surface area contributed by atoms with Crippen LogP contribution in [0, 0.1) is 5.92 Å². The first-order valence-corrected chi connectivity index (χ1v) is 6.52. The standard InChI is InChI=1S/C13H24N2O3/c1-13(2,3)15-7-6-10(9-15)8-14-11(16)4-5-12(17)18/h10H,4-9H2,1-3H3,(H,14,16)(H,17,18)/t10-/m0/s1. The summed E-state index contributed by atoms with van der Waals surface area (Å²) in [4.78, 5) is 24.1. The molecular weight excluding hydrogens is 232 g/mol. The number of amides is 1. The van der Waals surface area contributed by atoms with Gasteiger partial charge < -0.3 is 10.4 Å². The van der Waals surface area contributed by atoms with Gasteiger partial charge in [-0.25, -0.2) is 0 Å². The molecule has 0 aliphatic carbocycles. The molecule has 5 heteroatoms. The maximum atomic E-state index is 11.4. The lowest BCUT2D eigenvalue weighted by Gasteiger charge is -2.31. The fraction of sp³-hybridized carbons (Fsp3) is 0.846. The molecule has 1 rings (SSSR count). The van der Waals surface area contributed by atoms with Crippen molar-refractivity contribution in [2.24, 2.45) is 5.92 Å². The number of carbonyl (C=O) groups excluding carboxylic acids is 1. The van der Waals surface area contributed by atoms with Crippen molar-refractivity contribution >= 4 is 11.9 Å². The van der Waals surface area contributed by atoms with Gasteiger partial charge in [0.15, 0.2) is 0 Å². The normalized spacial score (nSPS) is 20.9. The Morgan fingerprint density at radius 1 is 1.33 bits per heavy atom. The zero-order valence-corrected chi connectivity index (χ0v) is 11.5. The molecule has 5 nitrogen and oxygen atoms in total. The van der Waals surface area contributed by atoms with Crippen LogP contribution in [0.4, 0.5) is 0 Å². The minimum atomic E-state index is -0.926. The molecule has 1 atom stereocenters. The van der Waals surface area contributed by atoms with Gasteiger partial charge in [-0.3, -0.25) is 14.5 Å². The summed E-state index contributed by atoms with van der Waals surface area (Å²) in [5, 5.41) is 11.3. The fourth-order valence-electron chi connectivity index (χ4n) is 2.18. The Morgan fingerprint density at radius 3 is 2.50 bits per heavy atom. The predicted octanol–water partition coefficient (Wildman–Crippen LogP) is 1.09. The maximum absolute atomic E-state index is 11.4. The van der Waals surface area contributed by atoms with Crippen LogP contribution in [0.3, 0.4) is 0 Å². The Labute approximate surface area is 109 Å². The molecule has 104 valence electrons. The number of carboxylic acids is 1. The predicted molar refractivity (Wildman–Crippen MR) is 69.3 cm³/mol. The summed E-state index contributed by atoms with van der Waals surface area (Å²) < 4.78 is 0. The van der Waals surface area contributed by atoms with E-state index < -0.39 is 5.97 Å². The number of rotatable bonds is 5. The van der Waals surface area contributed by atoms with Crippen LogP contribution < -0.4 is 5.32 Å². The molecule has 2 N–H and O–H groups in total. The smallest absolute Gasteiger partial charge is 0.303 e. The van der Waals surface area contributed by atoms with Gasteiger partial charge in [0, 0.05) is 25.0 Å². The fourth-order valence-corrected chi connectivity index (χ4v) is 2.18. The number of nitrogens with one attached hydrogen (secondary N) is 1. The zero-order valence-electron chi connectivity index (χ0n) is 11.5. The van der Waals surface area contributed by atoms with Gasteiger partial charge in [0.2, 0.25) is 5.91 Å². The van der Waals surface area contributed by atoms with Crippen LogP contribution in [0.1, 0.15) is 40.0 Å². The van der Waals surface area contributed by atoms with Crippen molar-refractivity contribution < 1.29 is 14.7 Å². The Bertz CT molecular complexity index is 310. The van der Waals surface area contributed by atoms with E-state index in [4.69, 9.17) is 5.11 Å². The number of hydrogen-bond acceptors (Lipinski definition) is 3. The monoisotopic (exact) mass is 256 g/mol. The molecule has 1 amide bonds. The van der Waals surface area contributed by atoms with Crippen molar-refractivity contribution in [2.75, 3.05) is 19.6 Å². The van der Waals surface area contributed by atoms with Gasteiger partial charge in [0.25, 0.3) is 0 Å². The van der Waals surface area contributed by atoms with Crippen molar-refractivity contribution in [2.45, 2.75) is 45.6 Å². The van der Waals surface area contributed by atoms with Crippen molar-refractivity contribution in [3.63, 3.8) is 0 Å². The average molecular weight is 256 g/mol. The highest BCUT2D eigenvalue weighted by molar-refractivity contribution is 5.80. The topological polar surface area (TPSA) is 69.6 Å². The SMILES string of the molecule is CC(C)(C)N1CC[C@@H](CNC(=O)CCC(=O)O)C1. The van der Waals surface area contributed by atoms with Gasteiger partial charge in [-0.2, -0.15) is 0 Å². The van der Waals surface area contributed by atoms with Gasteiger partial charge in [-0.15, -0.1) is 0 Å². The number of carbonyl (C=O) groups is 2. The van der Waals surface area contributed by atoms with Crippen LogP contribution in [-0.2, 0) is 9.59 Å². The lowest BCUT2D eigenvalue weighted by atomic mass is 10.1. The molecular formula is C13H24N2O3. The highest BCUT2D eigenvalue weighted by Crippen LogP contribution is 2.23. The van der Waals surface area contributed by atoms with Crippen LogP contribution in [0.25, 0.3) is 0 Å². The van der Waals surface area contributed by atoms with E-state index in [1.807, 2.05) is 0 Å². The number of carboxylic acid groups (broad SMARTS) is 1. The van der Waals surface area contributed by atoms with Crippen molar-refractivity contribution in [1.29, 1.82) is 0 Å². The highest BCUT2D eigenvalue weighted by atomic mass is 16.4. The van der Waals surface area contributed by atoms with E-state index in [1.165, 1.54) is 0 Å². The second-order valence-corrected chi connectivity index (χ2v) is 5.97. The summed E-state index contributed by atoms with van der Waals surface area (Å²) in [7, 11) is 0. The minimum Gasteiger partial charge on any atom is -0.481 e. The summed E-state index contributed by atoms with van der Waals surface area (Å²) in [6, 6.07) is 0. The van der Waals surface area contributed by atoms with Crippen LogP contribution in [0.15, 0.2) is 0 Å². The lowest BCUT2D eigenvalue weighted by Crippen LogP contribution is -2.40. The van der Waals surface area contributed by atoms with Gasteiger partial charge in [-0.1, -0.05) is 0 Å². The third-order valence-corrected chi connectivity index (χ3v) is 3.39. The van der Waals surface area contributed by atoms with E-state index in [0.717, 1.165) is 19.5 Å². The molecule has 0 aromatic heterocycles. The van der Waals surface area contributed by atoms with E-state index in [2.05, 4.69) is 31.0 Å². The van der Waals surface area contributed by atoms with E-state index >= 15 is 0 Å². The minimum absolute atomic E-state index is 0.0744. The van der Waals surface area contributed by atoms with E-state index in [-0.39, 0.29) is 24.3 Å². The summed E-state index contributed by atoms with van der Waals surface area (Å²) in [6.45, 7) is 9.31. The Hall–Kier alpha value is -1.10. The third-order valence-electron chi connectivity index (χ3n) is 3.39. The first kappa shape index (κ1) is 15.0. The third kappa shape index (κ3) is 5.04. The molecule has 1 fully saturated rings. The lowest BCUT2D eigenvalue weighted by molar-refractivity contribution is -0.138. The van der Waals surface area contributed by atoms with Crippen molar-refractivity contribution in [1.82, 2.24) is 10.2 Å². The summed E-state index contributed by atoms with van der Waals surface area (Å²) in [5.41, 5.74) is 0.183. The van der Waals surface area contributed by atoms with Crippen LogP contribution >= 0.6 is 0 Å². The van der Waals surface area contributed by atoms with E-state index in [0.29, 0.717) is 12.5 Å². The number of likely N-dealkylation sites (tertiary alicyclic amines) is 1. The first-order valence-electron chi connectivity index (χ1n) is 6.52. The van der Waals surface area contributed by atoms with Crippen LogP contribution in [-0.4, -0.2) is 47.1 Å². The molecule has 0 bridgehead atoms. The van der Waals surface area contributed by atoms with Gasteiger partial charge in [-0.05, 0) is 39.7 Å². The van der Waals surface area contributed by atoms with E-state index in [1.54, 1.807) is 0 Å². The molecule has 0 aromatic rings. The van der Waals surface area contributed by atoms with Crippen LogP contribution in [0.2, 0.25) is 0 Å². The molecule has 0 saturated carbocycles. The second kappa shape index (κ2) is 6.18. The van der Waals surface area contributed by atoms with Crippen molar-refractivity contribution in [3.05, 3.63) is 0 Å². The highest BCUT2D eigenvalue weighted by Gasteiger charge is 2.30. The number of hydrogen-bond donors (Lipinski definition) is 2. The molecule has 1 saturated heterocycles. The molecule has 0 aromatic carbocycles. The summed E-state index contributed by atoms with van der Waals surface area (Å²) >= 11 is 0. The van der Waals surface area contributed by atoms with Gasteiger partial charge in [0.1, 0.15) is 0 Å². The summed E-state index contributed by atoms with van der Waals surface area (Å²) in [5.74, 6) is -0.602. The molecule has 1 heterocycles. The van der Waals surface area contributed by atoms with Crippen molar-refractivity contribution in [3.8, 4) is 0 Å². The Balaban J connectivity index is 2.21. The first-order chi connectivity index (χ1) is 8.29. The van der Waals surface area contributed by atoms with Gasteiger partial charge >= 0.3 is 5.97 Å². The Kier molecular flexibility index (Phi) is 5.14. The molecule has 0 radical (unpaired) electrons. The molecule has 0 spiro atoms. The second-order valence-electron chi connectivity index (χ2n) is 5.97. The zero-order chi connectivity index (χ0) is 13.8. The molecule has 1 aliphatic rings. The molecule has 18 heavy (non-hydrogen) atoms.